The van der Waals surface area contributed by atoms with Crippen LogP contribution in [0.25, 0.3) is 0 Å². The minimum absolute atomic E-state index is 0.510. The first-order valence-electron chi connectivity index (χ1n) is 6.62. The van der Waals surface area contributed by atoms with Crippen LogP contribution in [0.1, 0.15) is 12.0 Å². The van der Waals surface area contributed by atoms with Gasteiger partial charge in [0, 0.05) is 4.90 Å². The van der Waals surface area contributed by atoms with E-state index in [0.717, 1.165) is 10.5 Å². The van der Waals surface area contributed by atoms with Crippen LogP contribution in [0.5, 0.6) is 0 Å². The van der Waals surface area contributed by atoms with E-state index >= 15 is 0 Å². The largest absolute Gasteiger partial charge is 0.196 e. The minimum Gasteiger partial charge on any atom is -0.196 e. The fourth-order valence-corrected chi connectivity index (χ4v) is 2.61. The van der Waals surface area contributed by atoms with E-state index in [2.05, 4.69) is 23.8 Å². The maximum absolute atomic E-state index is 9.65. The highest BCUT2D eigenvalue weighted by molar-refractivity contribution is 8.03. The van der Waals surface area contributed by atoms with Gasteiger partial charge in [0.05, 0.1) is 6.07 Å². The summed E-state index contributed by atoms with van der Waals surface area (Å²) in [6.45, 7) is 3.76. The van der Waals surface area contributed by atoms with E-state index in [1.807, 2.05) is 60.7 Å². The Labute approximate surface area is 130 Å². The molecule has 1 atom stereocenters. The first-order valence-corrected chi connectivity index (χ1v) is 7.44. The number of thioether (sulfide) groups is 1. The molecular formula is C19H15NS. The molecule has 0 fully saturated rings. The van der Waals surface area contributed by atoms with Crippen LogP contribution in [-0.4, -0.2) is 0 Å². The van der Waals surface area contributed by atoms with Crippen LogP contribution in [0.3, 0.4) is 0 Å². The number of rotatable bonds is 4. The Morgan fingerprint density at radius 3 is 2.24 bits per heavy atom. The summed E-state index contributed by atoms with van der Waals surface area (Å²) in [5, 5.41) is 12.7. The maximum atomic E-state index is 9.65. The Bertz CT molecular complexity index is 689. The lowest BCUT2D eigenvalue weighted by atomic mass is 9.80. The van der Waals surface area contributed by atoms with E-state index in [1.165, 1.54) is 11.8 Å². The van der Waals surface area contributed by atoms with Crippen LogP contribution in [0.15, 0.2) is 78.2 Å². The van der Waals surface area contributed by atoms with E-state index in [4.69, 9.17) is 0 Å². The molecule has 0 spiro atoms. The predicted octanol–water partition coefficient (Wildman–Crippen LogP) is 4.78. The lowest BCUT2D eigenvalue weighted by Crippen LogP contribution is -2.20. The molecule has 0 heterocycles. The lowest BCUT2D eigenvalue weighted by Gasteiger charge is -2.19. The van der Waals surface area contributed by atoms with Crippen LogP contribution in [0, 0.1) is 22.5 Å². The fourth-order valence-electron chi connectivity index (χ4n) is 1.98. The highest BCUT2D eigenvalue weighted by atomic mass is 32.2. The quantitative estimate of drug-likeness (QED) is 0.459. The molecule has 2 rings (SSSR count). The molecule has 0 aliphatic carbocycles. The number of allylic oxidation sites excluding steroid dienone is 1. The molecule has 0 saturated heterocycles. The summed E-state index contributed by atoms with van der Waals surface area (Å²) >= 11 is 1.44. The average molecular weight is 289 g/mol. The zero-order chi connectivity index (χ0) is 15.0. The van der Waals surface area contributed by atoms with Gasteiger partial charge in [-0.05, 0) is 41.1 Å². The van der Waals surface area contributed by atoms with Crippen molar-refractivity contribution in [1.82, 2.24) is 0 Å². The van der Waals surface area contributed by atoms with Crippen molar-refractivity contribution in [2.45, 2.75) is 16.7 Å². The van der Waals surface area contributed by atoms with Crippen LogP contribution in [0.4, 0.5) is 0 Å². The second-order valence-corrected chi connectivity index (χ2v) is 5.40. The normalized spacial score (nSPS) is 12.3. The third-order valence-electron chi connectivity index (χ3n) is 3.08. The van der Waals surface area contributed by atoms with E-state index < -0.39 is 5.41 Å². The Morgan fingerprint density at radius 1 is 1.05 bits per heavy atom. The smallest absolute Gasteiger partial charge is 0.147 e. The second-order valence-electron chi connectivity index (χ2n) is 4.52. The van der Waals surface area contributed by atoms with Crippen LogP contribution >= 0.6 is 11.8 Å². The first-order chi connectivity index (χ1) is 10.3. The topological polar surface area (TPSA) is 23.8 Å². The van der Waals surface area contributed by atoms with Crippen molar-refractivity contribution in [2.24, 2.45) is 0 Å². The summed E-state index contributed by atoms with van der Waals surface area (Å²) in [5.41, 5.74) is 0.0821. The van der Waals surface area contributed by atoms with E-state index in [9.17, 15) is 5.26 Å². The zero-order valence-electron chi connectivity index (χ0n) is 11.6. The number of nitrogens with zero attached hydrogens (tertiary/aromatic N) is 1. The molecule has 0 aliphatic rings. The van der Waals surface area contributed by atoms with Gasteiger partial charge < -0.3 is 0 Å². The van der Waals surface area contributed by atoms with E-state index in [1.54, 1.807) is 6.08 Å². The highest BCUT2D eigenvalue weighted by Gasteiger charge is 2.28. The second kappa shape index (κ2) is 7.39. The Hall–Kier alpha value is -2.42. The molecule has 0 aromatic heterocycles. The van der Waals surface area contributed by atoms with Gasteiger partial charge in [-0.3, -0.25) is 0 Å². The first kappa shape index (κ1) is 15.0. The molecule has 102 valence electrons. The molecule has 1 nitrogen and oxygen atoms in total. The molecule has 21 heavy (non-hydrogen) atoms. The SMILES string of the molecule is C=CCC(C#N)(C#CSc1ccccc1)c1ccccc1. The van der Waals surface area contributed by atoms with Crippen molar-refractivity contribution in [2.75, 3.05) is 0 Å². The molecule has 2 aromatic rings. The Balaban J connectivity index is 2.30. The van der Waals surface area contributed by atoms with Crippen LogP contribution in [0.2, 0.25) is 0 Å². The summed E-state index contributed by atoms with van der Waals surface area (Å²) in [6.07, 6.45) is 2.26. The van der Waals surface area contributed by atoms with E-state index in [-0.39, 0.29) is 0 Å². The van der Waals surface area contributed by atoms with Crippen molar-refractivity contribution in [3.05, 3.63) is 78.9 Å². The molecule has 2 aromatic carbocycles. The summed E-state index contributed by atoms with van der Waals surface area (Å²) in [5.74, 6) is 3.13. The van der Waals surface area contributed by atoms with Gasteiger partial charge in [0.25, 0.3) is 0 Å². The van der Waals surface area contributed by atoms with Crippen molar-refractivity contribution >= 4 is 11.8 Å². The van der Waals surface area contributed by atoms with Crippen molar-refractivity contribution in [3.63, 3.8) is 0 Å². The zero-order valence-corrected chi connectivity index (χ0v) is 12.4. The van der Waals surface area contributed by atoms with Gasteiger partial charge >= 0.3 is 0 Å². The number of benzene rings is 2. The van der Waals surface area contributed by atoms with Gasteiger partial charge in [0.2, 0.25) is 0 Å². The van der Waals surface area contributed by atoms with Crippen molar-refractivity contribution in [3.8, 4) is 17.2 Å². The molecule has 0 aliphatic heterocycles. The molecule has 0 N–H and O–H groups in total. The molecule has 0 saturated carbocycles. The third kappa shape index (κ3) is 3.78. The van der Waals surface area contributed by atoms with Gasteiger partial charge in [-0.1, -0.05) is 60.5 Å². The Morgan fingerprint density at radius 2 is 1.67 bits per heavy atom. The highest BCUT2D eigenvalue weighted by Crippen LogP contribution is 2.28. The van der Waals surface area contributed by atoms with Crippen LogP contribution in [-0.2, 0) is 5.41 Å². The maximum Gasteiger partial charge on any atom is 0.147 e. The fraction of sp³-hybridized carbons (Fsp3) is 0.105. The average Bonchev–Trinajstić information content (AvgIpc) is 2.56. The summed E-state index contributed by atoms with van der Waals surface area (Å²) < 4.78 is 0. The summed E-state index contributed by atoms with van der Waals surface area (Å²) in [4.78, 5) is 1.07. The summed E-state index contributed by atoms with van der Waals surface area (Å²) in [7, 11) is 0. The number of hydrogen-bond acceptors (Lipinski definition) is 2. The standard InChI is InChI=1S/C19H15NS/c1-2-13-19(16-20,17-9-5-3-6-10-17)14-15-21-18-11-7-4-8-12-18/h2-12H,1,13H2. The molecule has 0 radical (unpaired) electrons. The van der Waals surface area contributed by atoms with Gasteiger partial charge in [0.15, 0.2) is 0 Å². The van der Waals surface area contributed by atoms with Gasteiger partial charge in [-0.2, -0.15) is 5.26 Å². The van der Waals surface area contributed by atoms with Gasteiger partial charge in [-0.25, -0.2) is 0 Å². The van der Waals surface area contributed by atoms with Crippen LogP contribution < -0.4 is 0 Å². The molecule has 0 bridgehead atoms. The number of hydrogen-bond donors (Lipinski definition) is 0. The molecule has 2 heteroatoms. The van der Waals surface area contributed by atoms with Gasteiger partial charge in [0.1, 0.15) is 5.41 Å². The third-order valence-corrected chi connectivity index (χ3v) is 3.80. The summed E-state index contributed by atoms with van der Waals surface area (Å²) in [6, 6.07) is 22.0. The van der Waals surface area contributed by atoms with E-state index in [0.29, 0.717) is 6.42 Å². The molecule has 1 unspecified atom stereocenters. The monoisotopic (exact) mass is 289 g/mol. The predicted molar refractivity (Wildman–Crippen MR) is 88.6 cm³/mol. The minimum atomic E-state index is -0.829. The molecule has 0 amide bonds. The van der Waals surface area contributed by atoms with Crippen molar-refractivity contribution in [1.29, 1.82) is 5.26 Å². The van der Waals surface area contributed by atoms with Crippen molar-refractivity contribution < 1.29 is 0 Å². The Kier molecular flexibility index (Phi) is 5.27. The van der Waals surface area contributed by atoms with Gasteiger partial charge in [-0.15, -0.1) is 6.58 Å². The number of nitriles is 1. The molecular weight excluding hydrogens is 274 g/mol. The lowest BCUT2D eigenvalue weighted by molar-refractivity contribution is 0.726.